The van der Waals surface area contributed by atoms with Crippen LogP contribution in [0.2, 0.25) is 0 Å². The van der Waals surface area contributed by atoms with E-state index in [4.69, 9.17) is 14.6 Å². The molecule has 3 aromatic rings. The molecular weight excluding hydrogens is 372 g/mol. The van der Waals surface area contributed by atoms with Gasteiger partial charge in [0.15, 0.2) is 11.5 Å². The highest BCUT2D eigenvalue weighted by atomic mass is 32.1. The van der Waals surface area contributed by atoms with Gasteiger partial charge in [0.25, 0.3) is 0 Å². The predicted octanol–water partition coefficient (Wildman–Crippen LogP) is 5.01. The van der Waals surface area contributed by atoms with Gasteiger partial charge in [-0.05, 0) is 36.6 Å². The van der Waals surface area contributed by atoms with Crippen molar-refractivity contribution in [3.05, 3.63) is 75.5 Å². The zero-order valence-electron chi connectivity index (χ0n) is 15.6. The topological polar surface area (TPSA) is 54.3 Å². The molecule has 0 radical (unpaired) electrons. The van der Waals surface area contributed by atoms with Gasteiger partial charge in [-0.3, -0.25) is 0 Å². The first-order chi connectivity index (χ1) is 13.7. The van der Waals surface area contributed by atoms with E-state index in [1.54, 1.807) is 24.5 Å². The van der Waals surface area contributed by atoms with Gasteiger partial charge in [0.1, 0.15) is 5.75 Å². The average Bonchev–Trinajstić information content (AvgIpc) is 3.39. The van der Waals surface area contributed by atoms with Crippen molar-refractivity contribution in [2.24, 2.45) is 5.10 Å². The molecule has 1 aromatic heterocycles. The van der Waals surface area contributed by atoms with Gasteiger partial charge in [-0.1, -0.05) is 29.8 Å². The van der Waals surface area contributed by atoms with Crippen molar-refractivity contribution >= 4 is 17.0 Å². The number of ether oxygens (including phenoxy) is 2. The number of benzene rings is 2. The highest BCUT2D eigenvalue weighted by Crippen LogP contribution is 2.51. The summed E-state index contributed by atoms with van der Waals surface area (Å²) in [6.45, 7) is 2.02. The monoisotopic (exact) mass is 392 g/mol. The molecule has 0 unspecified atom stereocenters. The maximum Gasteiger partial charge on any atom is 0.223 e. The van der Waals surface area contributed by atoms with Gasteiger partial charge in [0, 0.05) is 17.5 Å². The Kier molecular flexibility index (Phi) is 4.02. The van der Waals surface area contributed by atoms with Crippen LogP contribution < -0.4 is 9.47 Å². The molecule has 5 rings (SSSR count). The summed E-state index contributed by atoms with van der Waals surface area (Å²) < 4.78 is 11.9. The quantitative estimate of drug-likeness (QED) is 0.680. The van der Waals surface area contributed by atoms with E-state index < -0.39 is 0 Å². The Balaban J connectivity index is 1.64. The molecule has 2 aromatic carbocycles. The summed E-state index contributed by atoms with van der Waals surface area (Å²) in [5.41, 5.74) is 3.79. The molecule has 0 aliphatic carbocycles. The van der Waals surface area contributed by atoms with Gasteiger partial charge in [0.2, 0.25) is 6.23 Å². The van der Waals surface area contributed by atoms with Crippen molar-refractivity contribution < 1.29 is 14.6 Å². The van der Waals surface area contributed by atoms with E-state index >= 15 is 0 Å². The Morgan fingerprint density at radius 3 is 2.89 bits per heavy atom. The highest BCUT2D eigenvalue weighted by molar-refractivity contribution is 7.10. The van der Waals surface area contributed by atoms with E-state index in [1.165, 1.54) is 0 Å². The van der Waals surface area contributed by atoms with Gasteiger partial charge in [-0.15, -0.1) is 11.3 Å². The second-order valence-corrected chi connectivity index (χ2v) is 8.01. The molecule has 1 N–H and O–H groups in total. The smallest absolute Gasteiger partial charge is 0.223 e. The molecule has 0 amide bonds. The summed E-state index contributed by atoms with van der Waals surface area (Å²) >= 11 is 1.64. The summed E-state index contributed by atoms with van der Waals surface area (Å²) in [4.78, 5) is 1.08. The first-order valence-electron chi connectivity index (χ1n) is 9.18. The Morgan fingerprint density at radius 2 is 2.11 bits per heavy atom. The number of para-hydroxylation sites is 1. The van der Waals surface area contributed by atoms with Gasteiger partial charge in [-0.2, -0.15) is 5.10 Å². The fraction of sp³-hybridized carbons (Fsp3) is 0.227. The Labute approximate surface area is 167 Å². The number of methoxy groups -OCH3 is 1. The lowest BCUT2D eigenvalue weighted by atomic mass is 9.95. The van der Waals surface area contributed by atoms with E-state index in [-0.39, 0.29) is 18.0 Å². The van der Waals surface area contributed by atoms with Gasteiger partial charge < -0.3 is 14.6 Å². The van der Waals surface area contributed by atoms with Crippen molar-refractivity contribution in [2.45, 2.75) is 25.6 Å². The summed E-state index contributed by atoms with van der Waals surface area (Å²) in [5.74, 6) is 1.75. The van der Waals surface area contributed by atoms with Gasteiger partial charge in [-0.25, -0.2) is 5.01 Å². The van der Waals surface area contributed by atoms with Crippen LogP contribution in [0.1, 0.15) is 40.3 Å². The summed E-state index contributed by atoms with van der Waals surface area (Å²) in [6, 6.07) is 15.7. The molecule has 0 bridgehead atoms. The van der Waals surface area contributed by atoms with E-state index in [9.17, 15) is 5.11 Å². The lowest BCUT2D eigenvalue weighted by Gasteiger charge is -2.38. The normalized spacial score (nSPS) is 20.2. The molecule has 0 saturated carbocycles. The summed E-state index contributed by atoms with van der Waals surface area (Å²) in [5, 5.41) is 19.4. The largest absolute Gasteiger partial charge is 0.507 e. The van der Waals surface area contributed by atoms with Crippen molar-refractivity contribution in [1.29, 1.82) is 0 Å². The van der Waals surface area contributed by atoms with E-state index in [2.05, 4.69) is 12.1 Å². The number of hydrogen-bond donors (Lipinski definition) is 1. The number of phenolic OH excluding ortho intramolecular Hbond substituents is 1. The van der Waals surface area contributed by atoms with Crippen LogP contribution in [0.4, 0.5) is 0 Å². The number of aromatic hydroxyl groups is 1. The number of rotatable bonds is 3. The molecule has 142 valence electrons. The second-order valence-electron chi connectivity index (χ2n) is 7.03. The Bertz CT molecular complexity index is 1060. The fourth-order valence-electron chi connectivity index (χ4n) is 3.91. The minimum atomic E-state index is -0.321. The number of hydrazone groups is 1. The van der Waals surface area contributed by atoms with E-state index in [1.807, 2.05) is 47.6 Å². The molecule has 0 saturated heterocycles. The Morgan fingerprint density at radius 1 is 1.21 bits per heavy atom. The van der Waals surface area contributed by atoms with Crippen molar-refractivity contribution in [2.75, 3.05) is 7.11 Å². The molecule has 0 fully saturated rings. The van der Waals surface area contributed by atoms with E-state index in [0.717, 1.165) is 38.8 Å². The molecule has 28 heavy (non-hydrogen) atoms. The molecular formula is C22H20N2O3S. The maximum atomic E-state index is 10.4. The van der Waals surface area contributed by atoms with Crippen molar-refractivity contribution in [3.63, 3.8) is 0 Å². The molecule has 2 aliphatic heterocycles. The number of fused-ring (bicyclic) bond motifs is 3. The third kappa shape index (κ3) is 2.64. The molecule has 3 heterocycles. The predicted molar refractivity (Wildman–Crippen MR) is 109 cm³/mol. The second kappa shape index (κ2) is 6.56. The zero-order chi connectivity index (χ0) is 19.3. The third-order valence-corrected chi connectivity index (χ3v) is 6.15. The highest BCUT2D eigenvalue weighted by Gasteiger charge is 2.42. The van der Waals surface area contributed by atoms with Crippen LogP contribution in [-0.2, 0) is 0 Å². The lowest BCUT2D eigenvalue weighted by Crippen LogP contribution is -2.33. The molecule has 2 atom stereocenters. The zero-order valence-corrected chi connectivity index (χ0v) is 16.4. The van der Waals surface area contributed by atoms with Crippen LogP contribution >= 0.6 is 11.3 Å². The van der Waals surface area contributed by atoms with Crippen molar-refractivity contribution in [3.8, 4) is 17.2 Å². The molecule has 2 aliphatic rings. The van der Waals surface area contributed by atoms with Crippen LogP contribution in [0, 0.1) is 6.92 Å². The average molecular weight is 392 g/mol. The Hall–Kier alpha value is -2.99. The van der Waals surface area contributed by atoms with Crippen molar-refractivity contribution in [1.82, 2.24) is 5.01 Å². The molecule has 0 spiro atoms. The lowest BCUT2D eigenvalue weighted by molar-refractivity contribution is -0.0184. The van der Waals surface area contributed by atoms with Crippen LogP contribution in [0.15, 0.2) is 59.0 Å². The minimum Gasteiger partial charge on any atom is -0.507 e. The SMILES string of the molecule is COc1cccc2c1O[C@@H](c1cccs1)N1N=C(c3cc(C)ccc3O)C[C@@H]21. The third-order valence-electron chi connectivity index (χ3n) is 5.25. The van der Waals surface area contributed by atoms with Crippen LogP contribution in [0.25, 0.3) is 0 Å². The first-order valence-corrected chi connectivity index (χ1v) is 10.1. The number of thiophene rings is 1. The number of nitrogens with zero attached hydrogens (tertiary/aromatic N) is 2. The molecule has 6 heteroatoms. The maximum absolute atomic E-state index is 10.4. The minimum absolute atomic E-state index is 0.0286. The fourth-order valence-corrected chi connectivity index (χ4v) is 4.65. The first kappa shape index (κ1) is 17.1. The number of phenols is 1. The summed E-state index contributed by atoms with van der Waals surface area (Å²) in [7, 11) is 1.66. The van der Waals surface area contributed by atoms with Gasteiger partial charge >= 0.3 is 0 Å². The van der Waals surface area contributed by atoms with Gasteiger partial charge in [0.05, 0.1) is 23.7 Å². The van der Waals surface area contributed by atoms with E-state index in [0.29, 0.717) is 6.42 Å². The molecule has 5 nitrogen and oxygen atoms in total. The van der Waals surface area contributed by atoms with Crippen LogP contribution in [0.3, 0.4) is 0 Å². The van der Waals surface area contributed by atoms with Crippen LogP contribution in [0.5, 0.6) is 17.2 Å². The number of aryl methyl sites for hydroxylation is 1. The standard InChI is InChI=1S/C22H20N2O3S/c1-13-8-9-18(25)15(11-13)16-12-17-14-5-3-6-19(26-2)21(14)27-22(24(17)23-16)20-7-4-10-28-20/h3-11,17,22,25H,12H2,1-2H3/t17-,22-/m0/s1. The summed E-state index contributed by atoms with van der Waals surface area (Å²) in [6.07, 6.45) is 0.376. The number of hydrogen-bond acceptors (Lipinski definition) is 6. The van der Waals surface area contributed by atoms with Crippen LogP contribution in [-0.4, -0.2) is 22.9 Å².